The number of esters is 3. The van der Waals surface area contributed by atoms with Crippen LogP contribution in [0.5, 0.6) is 0 Å². The van der Waals surface area contributed by atoms with E-state index in [-0.39, 0.29) is 24.3 Å². The minimum absolute atomic E-state index is 0.0785. The molecular formula is C47H60FN3O12. The Bertz CT molecular complexity index is 2170. The van der Waals surface area contributed by atoms with Crippen molar-refractivity contribution in [1.29, 1.82) is 0 Å². The van der Waals surface area contributed by atoms with Crippen LogP contribution in [0, 0.1) is 28.5 Å². The monoisotopic (exact) mass is 877 g/mol. The smallest absolute Gasteiger partial charge is 0.408 e. The number of carbonyl (C=O) groups excluding carboxylic acids is 4. The lowest BCUT2D eigenvalue weighted by Gasteiger charge is -2.66. The first-order valence-electron chi connectivity index (χ1n) is 21.4. The first-order valence-corrected chi connectivity index (χ1v) is 21.4. The maximum Gasteiger partial charge on any atom is 0.408 e. The molecule has 0 radical (unpaired) electrons. The number of alkyl carbamates (subject to hydrolysis) is 1. The van der Waals surface area contributed by atoms with Gasteiger partial charge in [-0.1, -0.05) is 51.1 Å². The van der Waals surface area contributed by atoms with Crippen LogP contribution >= 0.6 is 0 Å². The number of ether oxygens (including phenoxy) is 7. The van der Waals surface area contributed by atoms with Crippen LogP contribution < -0.4 is 5.32 Å². The van der Waals surface area contributed by atoms with Crippen molar-refractivity contribution in [2.45, 2.75) is 128 Å². The molecule has 7 rings (SSSR count). The Balaban J connectivity index is 1.39. The number of amides is 1. The molecule has 1 aromatic carbocycles. The molecule has 5 aliphatic rings. The third-order valence-electron chi connectivity index (χ3n) is 13.5. The van der Waals surface area contributed by atoms with Crippen LogP contribution in [-0.4, -0.2) is 120 Å². The van der Waals surface area contributed by atoms with Gasteiger partial charge in [0.15, 0.2) is 11.9 Å². The SMILES string of the molecule is CC(=O)O[C@@]12CO[C@@H]1C=C[C@@]1(C)[C@@H]3O[C@H](CN(C)C)O[C@@H]3C3=C(C)[C@@H](OC(=O)[C@H](C)[C@@H](NC(=O)OC(C)(C)C)c4ncccc4F)C[C@@](O)([C@@H](OC(=O)c4ccccc4)[C@@H]12)C3(C)C. The van der Waals surface area contributed by atoms with E-state index in [9.17, 15) is 24.3 Å². The zero-order chi connectivity index (χ0) is 46.0. The molecule has 15 nitrogen and oxygen atoms in total. The predicted octanol–water partition coefficient (Wildman–Crippen LogP) is 5.62. The fourth-order valence-electron chi connectivity index (χ4n) is 10.5. The lowest BCUT2D eigenvalue weighted by Crippen LogP contribution is -2.78. The third-order valence-corrected chi connectivity index (χ3v) is 13.5. The molecule has 342 valence electrons. The Hall–Kier alpha value is -4.74. The summed E-state index contributed by atoms with van der Waals surface area (Å²) in [6.07, 6.45) is -2.02. The molecule has 2 saturated heterocycles. The lowest BCUT2D eigenvalue weighted by atomic mass is 9.46. The summed E-state index contributed by atoms with van der Waals surface area (Å²) in [4.78, 5) is 61.4. The van der Waals surface area contributed by atoms with E-state index in [1.54, 1.807) is 58.0 Å². The fourth-order valence-corrected chi connectivity index (χ4v) is 10.5. The van der Waals surface area contributed by atoms with Gasteiger partial charge < -0.3 is 48.5 Å². The van der Waals surface area contributed by atoms with Gasteiger partial charge in [0.05, 0.1) is 35.7 Å². The van der Waals surface area contributed by atoms with Crippen molar-refractivity contribution in [3.63, 3.8) is 0 Å². The van der Waals surface area contributed by atoms with Gasteiger partial charge in [0, 0.05) is 36.9 Å². The molecule has 2 aliphatic heterocycles. The van der Waals surface area contributed by atoms with Crippen LogP contribution in [-0.2, 0) is 42.7 Å². The summed E-state index contributed by atoms with van der Waals surface area (Å²) in [6, 6.07) is 9.56. The van der Waals surface area contributed by atoms with Crippen molar-refractivity contribution in [1.82, 2.24) is 15.2 Å². The fraction of sp³-hybridized carbons (Fsp3) is 0.596. The summed E-state index contributed by atoms with van der Waals surface area (Å²) in [5.74, 6) is -5.25. The molecule has 63 heavy (non-hydrogen) atoms. The van der Waals surface area contributed by atoms with Gasteiger partial charge in [-0.25, -0.2) is 14.0 Å². The highest BCUT2D eigenvalue weighted by molar-refractivity contribution is 5.89. The zero-order valence-corrected chi connectivity index (χ0v) is 37.8. The minimum atomic E-state index is -2.08. The minimum Gasteiger partial charge on any atom is -0.457 e. The van der Waals surface area contributed by atoms with Gasteiger partial charge in [0.2, 0.25) is 0 Å². The maximum absolute atomic E-state index is 15.4. The van der Waals surface area contributed by atoms with E-state index in [4.69, 9.17) is 33.2 Å². The normalized spacial score (nSPS) is 33.8. The van der Waals surface area contributed by atoms with Gasteiger partial charge in [-0.3, -0.25) is 14.6 Å². The largest absolute Gasteiger partial charge is 0.457 e. The van der Waals surface area contributed by atoms with Crippen molar-refractivity contribution in [2.75, 3.05) is 27.2 Å². The van der Waals surface area contributed by atoms with E-state index >= 15 is 4.39 Å². The van der Waals surface area contributed by atoms with Gasteiger partial charge in [-0.15, -0.1) is 0 Å². The van der Waals surface area contributed by atoms with Crippen molar-refractivity contribution in [3.8, 4) is 0 Å². The number of likely N-dealkylation sites (N-methyl/N-ethyl adjacent to an activating group) is 1. The molecule has 3 aliphatic carbocycles. The van der Waals surface area contributed by atoms with Crippen LogP contribution in [0.15, 0.2) is 72.0 Å². The van der Waals surface area contributed by atoms with Crippen LogP contribution in [0.25, 0.3) is 0 Å². The van der Waals surface area contributed by atoms with Gasteiger partial charge in [0.25, 0.3) is 0 Å². The van der Waals surface area contributed by atoms with Gasteiger partial charge in [-0.2, -0.15) is 0 Å². The number of fused-ring (bicyclic) bond motifs is 8. The van der Waals surface area contributed by atoms with Crippen LogP contribution in [0.4, 0.5) is 9.18 Å². The van der Waals surface area contributed by atoms with Gasteiger partial charge in [0.1, 0.15) is 47.5 Å². The molecule has 0 spiro atoms. The number of benzene rings is 1. The van der Waals surface area contributed by atoms with Gasteiger partial charge in [-0.05, 0) is 84.1 Å². The summed E-state index contributed by atoms with van der Waals surface area (Å²) in [7, 11) is 3.77. The summed E-state index contributed by atoms with van der Waals surface area (Å²) in [6.45, 7) is 15.4. The number of pyridine rings is 1. The van der Waals surface area contributed by atoms with Crippen molar-refractivity contribution >= 4 is 24.0 Å². The molecular weight excluding hydrogens is 818 g/mol. The Morgan fingerprint density at radius 1 is 1.05 bits per heavy atom. The quantitative estimate of drug-likeness (QED) is 0.171. The second kappa shape index (κ2) is 16.7. The molecule has 1 saturated carbocycles. The van der Waals surface area contributed by atoms with Crippen LogP contribution in [0.1, 0.15) is 90.8 Å². The summed E-state index contributed by atoms with van der Waals surface area (Å²) < 4.78 is 60.1. The third kappa shape index (κ3) is 8.17. The van der Waals surface area contributed by atoms with E-state index in [0.717, 1.165) is 0 Å². The molecule has 2 N–H and O–H groups in total. The van der Waals surface area contributed by atoms with E-state index in [0.29, 0.717) is 17.7 Å². The topological polar surface area (TPSA) is 181 Å². The highest BCUT2D eigenvalue weighted by Gasteiger charge is 2.76. The highest BCUT2D eigenvalue weighted by Crippen LogP contribution is 2.65. The van der Waals surface area contributed by atoms with Crippen molar-refractivity contribution in [3.05, 3.63) is 89.0 Å². The summed E-state index contributed by atoms with van der Waals surface area (Å²) in [5.41, 5.74) is -5.77. The number of hydrogen-bond acceptors (Lipinski definition) is 14. The van der Waals surface area contributed by atoms with E-state index < -0.39 is 112 Å². The standard InChI is InChI=1S/C47H60FN3O12/c1-25-30(58-40(53)26(2)34(35-29(48)18-15-21-49-35)50-42(55)63-43(4,5)6)22-47(56)39(61-41(54)28-16-13-12-14-17-28)37-45(9,20-19-31-46(37,24-57-31)62-27(3)52)38-36(33(25)44(47,7)8)59-32(60-38)23-51(10)11/h12-21,26,30-32,34,36-39,56H,22-24H2,1-11H3,(H,50,55)/t26-,30+,31-,32-,34-,36-,37+,38-,39+,45-,46+,47-/m1/s1. The zero-order valence-electron chi connectivity index (χ0n) is 37.8. The Morgan fingerprint density at radius 2 is 1.75 bits per heavy atom. The highest BCUT2D eigenvalue weighted by atomic mass is 19.1. The van der Waals surface area contributed by atoms with E-state index in [1.807, 2.05) is 51.9 Å². The average Bonchev–Trinajstić information content (AvgIpc) is 3.59. The number of hydrogen-bond donors (Lipinski definition) is 2. The number of nitrogens with one attached hydrogen (secondary N) is 1. The molecule has 1 amide bonds. The van der Waals surface area contributed by atoms with Crippen LogP contribution in [0.2, 0.25) is 0 Å². The second-order valence-electron chi connectivity index (χ2n) is 19.5. The van der Waals surface area contributed by atoms with E-state index in [1.165, 1.54) is 32.2 Å². The molecule has 3 heterocycles. The number of carbonyl (C=O) groups is 4. The Morgan fingerprint density at radius 3 is 2.35 bits per heavy atom. The molecule has 1 aromatic heterocycles. The van der Waals surface area contributed by atoms with E-state index in [2.05, 4.69) is 10.3 Å². The Labute approximate surface area is 367 Å². The van der Waals surface area contributed by atoms with Crippen molar-refractivity contribution < 1.29 is 61.8 Å². The Kier molecular flexibility index (Phi) is 12.2. The molecule has 2 bridgehead atoms. The number of halogens is 1. The number of rotatable bonds is 10. The van der Waals surface area contributed by atoms with Crippen molar-refractivity contribution in [2.24, 2.45) is 22.7 Å². The second-order valence-corrected chi connectivity index (χ2v) is 19.5. The summed E-state index contributed by atoms with van der Waals surface area (Å²) >= 11 is 0. The lowest BCUT2D eigenvalue weighted by molar-refractivity contribution is -0.316. The predicted molar refractivity (Wildman–Crippen MR) is 224 cm³/mol. The molecule has 0 unspecified atom stereocenters. The molecule has 3 fully saturated rings. The maximum atomic E-state index is 15.4. The van der Waals surface area contributed by atoms with Crippen LogP contribution in [0.3, 0.4) is 0 Å². The number of aliphatic hydroxyl groups is 1. The molecule has 2 aromatic rings. The first-order chi connectivity index (χ1) is 29.4. The average molecular weight is 878 g/mol. The summed E-state index contributed by atoms with van der Waals surface area (Å²) in [5, 5.41) is 16.5. The van der Waals surface area contributed by atoms with Gasteiger partial charge >= 0.3 is 24.0 Å². The molecule has 16 heteroatoms. The first kappa shape index (κ1) is 46.3. The number of aromatic nitrogens is 1. The molecule has 12 atom stereocenters. The number of nitrogens with zero attached hydrogens (tertiary/aromatic N) is 2.